The maximum absolute atomic E-state index is 11.7. The van der Waals surface area contributed by atoms with E-state index in [0.29, 0.717) is 23.4 Å². The Morgan fingerprint density at radius 2 is 1.53 bits per heavy atom. The number of thiol groups is 1. The summed E-state index contributed by atoms with van der Waals surface area (Å²) in [6.45, 7) is 0.370. The fourth-order valence-corrected chi connectivity index (χ4v) is 1.74. The van der Waals surface area contributed by atoms with Crippen molar-refractivity contribution < 1.29 is 9.59 Å². The molecule has 0 aliphatic carbocycles. The number of hydrogen-bond donors (Lipinski definition) is 1. The molecule has 0 aromatic heterocycles. The molecule has 1 aliphatic rings. The standard InChI is InChI=1S/C10H9NO2S.CH4/c12-9-7-3-1-2-4-8(7)10(13)11(9)5-6-14;/h1-4,14H,5-6H2;1H4. The van der Waals surface area contributed by atoms with Gasteiger partial charge < -0.3 is 0 Å². The maximum Gasteiger partial charge on any atom is 0.261 e. The van der Waals surface area contributed by atoms with Crippen LogP contribution in [0.4, 0.5) is 0 Å². The average molecular weight is 223 g/mol. The van der Waals surface area contributed by atoms with Crippen molar-refractivity contribution in [2.45, 2.75) is 7.43 Å². The number of carbonyl (C=O) groups is 2. The van der Waals surface area contributed by atoms with Gasteiger partial charge in [-0.25, -0.2) is 0 Å². The normalized spacial score (nSPS) is 13.8. The first-order valence-electron chi connectivity index (χ1n) is 4.32. The molecule has 0 saturated heterocycles. The van der Waals surface area contributed by atoms with E-state index in [-0.39, 0.29) is 19.2 Å². The Bertz CT molecular complexity index is 368. The highest BCUT2D eigenvalue weighted by atomic mass is 32.1. The molecule has 80 valence electrons. The highest BCUT2D eigenvalue weighted by molar-refractivity contribution is 7.80. The zero-order chi connectivity index (χ0) is 10.1. The molecule has 0 bridgehead atoms. The molecule has 0 atom stereocenters. The summed E-state index contributed by atoms with van der Waals surface area (Å²) in [6, 6.07) is 6.87. The van der Waals surface area contributed by atoms with Gasteiger partial charge in [0.05, 0.1) is 11.1 Å². The number of rotatable bonds is 2. The number of imide groups is 1. The van der Waals surface area contributed by atoms with E-state index in [9.17, 15) is 9.59 Å². The van der Waals surface area contributed by atoms with Crippen molar-refractivity contribution in [1.29, 1.82) is 0 Å². The predicted molar refractivity (Wildman–Crippen MR) is 62.4 cm³/mol. The molecule has 1 aromatic rings. The summed E-state index contributed by atoms with van der Waals surface area (Å²) < 4.78 is 0. The van der Waals surface area contributed by atoms with Crippen molar-refractivity contribution in [3.05, 3.63) is 35.4 Å². The lowest BCUT2D eigenvalue weighted by molar-refractivity contribution is 0.0664. The van der Waals surface area contributed by atoms with Crippen molar-refractivity contribution in [3.8, 4) is 0 Å². The Morgan fingerprint density at radius 1 is 1.07 bits per heavy atom. The summed E-state index contributed by atoms with van der Waals surface area (Å²) in [5.74, 6) is 0.0742. The third kappa shape index (κ3) is 1.77. The lowest BCUT2D eigenvalue weighted by Gasteiger charge is -2.10. The summed E-state index contributed by atoms with van der Waals surface area (Å²) >= 11 is 4.01. The van der Waals surface area contributed by atoms with Crippen LogP contribution in [0.1, 0.15) is 28.1 Å². The highest BCUT2D eigenvalue weighted by Gasteiger charge is 2.34. The second kappa shape index (κ2) is 4.49. The zero-order valence-electron chi connectivity index (χ0n) is 7.43. The molecule has 1 aromatic carbocycles. The summed E-state index contributed by atoms with van der Waals surface area (Å²) in [4.78, 5) is 24.6. The van der Waals surface area contributed by atoms with Crippen LogP contribution in [0.5, 0.6) is 0 Å². The molecular formula is C11H13NO2S. The number of hydrogen-bond acceptors (Lipinski definition) is 3. The van der Waals surface area contributed by atoms with Gasteiger partial charge in [-0.15, -0.1) is 0 Å². The molecule has 0 unspecified atom stereocenters. The van der Waals surface area contributed by atoms with Crippen LogP contribution in [0.25, 0.3) is 0 Å². The van der Waals surface area contributed by atoms with E-state index in [1.807, 2.05) is 0 Å². The molecule has 0 N–H and O–H groups in total. The fourth-order valence-electron chi connectivity index (χ4n) is 1.54. The summed E-state index contributed by atoms with van der Waals surface area (Å²) in [5.41, 5.74) is 0.999. The molecule has 0 saturated carbocycles. The van der Waals surface area contributed by atoms with Crippen molar-refractivity contribution in [2.24, 2.45) is 0 Å². The van der Waals surface area contributed by atoms with Gasteiger partial charge in [-0.05, 0) is 12.1 Å². The first-order chi connectivity index (χ1) is 6.75. The van der Waals surface area contributed by atoms with Crippen LogP contribution in [0, 0.1) is 0 Å². The number of nitrogens with zero attached hydrogens (tertiary/aromatic N) is 1. The van der Waals surface area contributed by atoms with Crippen molar-refractivity contribution in [1.82, 2.24) is 4.90 Å². The quantitative estimate of drug-likeness (QED) is 0.613. The number of carbonyl (C=O) groups excluding carboxylic acids is 2. The first kappa shape index (κ1) is 11.8. The van der Waals surface area contributed by atoms with Crippen LogP contribution < -0.4 is 0 Å². The van der Waals surface area contributed by atoms with E-state index < -0.39 is 0 Å². The molecule has 0 fully saturated rings. The third-order valence-electron chi connectivity index (χ3n) is 2.20. The summed E-state index contributed by atoms with van der Waals surface area (Å²) in [7, 11) is 0. The van der Waals surface area contributed by atoms with Crippen LogP contribution in [-0.4, -0.2) is 29.0 Å². The molecule has 1 aliphatic heterocycles. The van der Waals surface area contributed by atoms with Crippen molar-refractivity contribution in [3.63, 3.8) is 0 Å². The molecule has 0 radical (unpaired) electrons. The Hall–Kier alpha value is -1.29. The predicted octanol–water partition coefficient (Wildman–Crippen LogP) is 1.85. The fraction of sp³-hybridized carbons (Fsp3) is 0.273. The lowest BCUT2D eigenvalue weighted by Crippen LogP contribution is -2.31. The van der Waals surface area contributed by atoms with E-state index in [2.05, 4.69) is 12.6 Å². The van der Waals surface area contributed by atoms with Gasteiger partial charge in [0, 0.05) is 12.3 Å². The van der Waals surface area contributed by atoms with Gasteiger partial charge in [0.2, 0.25) is 0 Å². The minimum absolute atomic E-state index is 0. The van der Waals surface area contributed by atoms with Crippen molar-refractivity contribution >= 4 is 24.4 Å². The van der Waals surface area contributed by atoms with Gasteiger partial charge in [0.1, 0.15) is 0 Å². The lowest BCUT2D eigenvalue weighted by atomic mass is 10.1. The van der Waals surface area contributed by atoms with Gasteiger partial charge in [-0.1, -0.05) is 19.6 Å². The van der Waals surface area contributed by atoms with E-state index in [1.54, 1.807) is 24.3 Å². The Morgan fingerprint density at radius 3 is 1.93 bits per heavy atom. The van der Waals surface area contributed by atoms with Crippen LogP contribution in [0.15, 0.2) is 24.3 Å². The van der Waals surface area contributed by atoms with E-state index >= 15 is 0 Å². The van der Waals surface area contributed by atoms with Crippen molar-refractivity contribution in [2.75, 3.05) is 12.3 Å². The topological polar surface area (TPSA) is 37.4 Å². The van der Waals surface area contributed by atoms with Gasteiger partial charge >= 0.3 is 0 Å². The summed E-state index contributed by atoms with van der Waals surface area (Å²) in [6.07, 6.45) is 0. The summed E-state index contributed by atoms with van der Waals surface area (Å²) in [5, 5.41) is 0. The number of amides is 2. The highest BCUT2D eigenvalue weighted by Crippen LogP contribution is 2.21. The molecule has 2 rings (SSSR count). The Labute approximate surface area is 94.5 Å². The zero-order valence-corrected chi connectivity index (χ0v) is 8.33. The second-order valence-corrected chi connectivity index (χ2v) is 3.48. The molecule has 1 heterocycles. The largest absolute Gasteiger partial charge is 0.274 e. The molecule has 2 amide bonds. The Balaban J connectivity index is 0.00000112. The van der Waals surface area contributed by atoms with Gasteiger partial charge in [0.15, 0.2) is 0 Å². The average Bonchev–Trinajstić information content (AvgIpc) is 2.45. The second-order valence-electron chi connectivity index (χ2n) is 3.03. The third-order valence-corrected chi connectivity index (χ3v) is 2.40. The van der Waals surface area contributed by atoms with Crippen LogP contribution in [0.3, 0.4) is 0 Å². The van der Waals surface area contributed by atoms with E-state index in [1.165, 1.54) is 4.90 Å². The van der Waals surface area contributed by atoms with E-state index in [4.69, 9.17) is 0 Å². The monoisotopic (exact) mass is 223 g/mol. The van der Waals surface area contributed by atoms with Gasteiger partial charge in [-0.2, -0.15) is 12.6 Å². The minimum Gasteiger partial charge on any atom is -0.274 e. The number of benzene rings is 1. The van der Waals surface area contributed by atoms with Gasteiger partial charge in [-0.3, -0.25) is 14.5 Å². The molecule has 0 spiro atoms. The number of fused-ring (bicyclic) bond motifs is 1. The van der Waals surface area contributed by atoms with Crippen LogP contribution in [0.2, 0.25) is 0 Å². The maximum atomic E-state index is 11.7. The SMILES string of the molecule is C.O=C1c2ccccc2C(=O)N1CCS. The Kier molecular flexibility index (Phi) is 3.52. The molecular weight excluding hydrogens is 210 g/mol. The van der Waals surface area contributed by atoms with Gasteiger partial charge in [0.25, 0.3) is 11.8 Å². The first-order valence-corrected chi connectivity index (χ1v) is 4.95. The van der Waals surface area contributed by atoms with Crippen LogP contribution in [-0.2, 0) is 0 Å². The molecule has 4 heteroatoms. The molecule has 15 heavy (non-hydrogen) atoms. The minimum atomic E-state index is -0.209. The van der Waals surface area contributed by atoms with E-state index in [0.717, 1.165) is 0 Å². The van der Waals surface area contributed by atoms with Crippen LogP contribution >= 0.6 is 12.6 Å². The smallest absolute Gasteiger partial charge is 0.261 e. The molecule has 3 nitrogen and oxygen atoms in total.